The molecule has 14 heavy (non-hydrogen) atoms. The summed E-state index contributed by atoms with van der Waals surface area (Å²) in [6, 6.07) is 0.231. The van der Waals surface area contributed by atoms with Crippen molar-refractivity contribution < 1.29 is 9.90 Å². The molecule has 0 heterocycles. The van der Waals surface area contributed by atoms with Gasteiger partial charge in [-0.2, -0.15) is 0 Å². The van der Waals surface area contributed by atoms with Crippen LogP contribution in [0.15, 0.2) is 0 Å². The summed E-state index contributed by atoms with van der Waals surface area (Å²) in [5, 5.41) is 11.8. The van der Waals surface area contributed by atoms with Crippen molar-refractivity contribution in [1.82, 2.24) is 5.32 Å². The van der Waals surface area contributed by atoms with Gasteiger partial charge in [0.15, 0.2) is 0 Å². The second-order valence-corrected chi connectivity index (χ2v) is 5.37. The molecule has 3 unspecified atom stereocenters. The number of hydrogen-bond donors (Lipinski definition) is 2. The van der Waals surface area contributed by atoms with Crippen LogP contribution in [0.1, 0.15) is 34.1 Å². The van der Waals surface area contributed by atoms with Gasteiger partial charge < -0.3 is 10.4 Å². The Morgan fingerprint density at radius 3 is 2.43 bits per heavy atom. The predicted molar refractivity (Wildman–Crippen MR) is 61.5 cm³/mol. The molecule has 0 spiro atoms. The Kier molecular flexibility index (Phi) is 7.01. The summed E-state index contributed by atoms with van der Waals surface area (Å²) in [6.07, 6.45) is 0.943. The van der Waals surface area contributed by atoms with E-state index in [0.29, 0.717) is 0 Å². The van der Waals surface area contributed by atoms with E-state index in [1.165, 1.54) is 11.8 Å². The number of aliphatic hydroxyl groups excluding tert-OH is 1. The van der Waals surface area contributed by atoms with Gasteiger partial charge in [0.25, 0.3) is 0 Å². The van der Waals surface area contributed by atoms with Crippen molar-refractivity contribution in [2.75, 3.05) is 6.61 Å². The number of nitrogens with one attached hydrogen (secondary N) is 1. The van der Waals surface area contributed by atoms with Crippen molar-refractivity contribution in [2.24, 2.45) is 0 Å². The SMILES string of the molecule is CCC(C)NC(=O)C(C)SC(C)CO. The smallest absolute Gasteiger partial charge is 0.233 e. The van der Waals surface area contributed by atoms with Crippen LogP contribution in [-0.2, 0) is 4.79 Å². The molecular formula is C10H21NO2S. The number of carbonyl (C=O) groups is 1. The number of thioether (sulfide) groups is 1. The predicted octanol–water partition coefficient (Wildman–Crippen LogP) is 1.40. The molecule has 3 nitrogen and oxygen atoms in total. The van der Waals surface area contributed by atoms with Crippen molar-refractivity contribution >= 4 is 17.7 Å². The highest BCUT2D eigenvalue weighted by atomic mass is 32.2. The average Bonchev–Trinajstić information content (AvgIpc) is 2.17. The lowest BCUT2D eigenvalue weighted by atomic mass is 10.2. The first kappa shape index (κ1) is 13.8. The molecule has 3 atom stereocenters. The van der Waals surface area contributed by atoms with Crippen molar-refractivity contribution in [2.45, 2.75) is 50.7 Å². The first-order valence-corrected chi connectivity index (χ1v) is 6.02. The Labute approximate surface area is 90.7 Å². The van der Waals surface area contributed by atoms with Crippen LogP contribution in [0.25, 0.3) is 0 Å². The number of amides is 1. The Morgan fingerprint density at radius 1 is 1.43 bits per heavy atom. The van der Waals surface area contributed by atoms with Crippen LogP contribution >= 0.6 is 11.8 Å². The standard InChI is InChI=1S/C10H21NO2S/c1-5-7(2)11-10(13)9(4)14-8(3)6-12/h7-9,12H,5-6H2,1-4H3,(H,11,13). The summed E-state index contributed by atoms with van der Waals surface area (Å²) < 4.78 is 0. The van der Waals surface area contributed by atoms with Gasteiger partial charge in [-0.1, -0.05) is 13.8 Å². The van der Waals surface area contributed by atoms with Crippen LogP contribution in [0, 0.1) is 0 Å². The minimum atomic E-state index is -0.0915. The van der Waals surface area contributed by atoms with Crippen molar-refractivity contribution in [3.05, 3.63) is 0 Å². The van der Waals surface area contributed by atoms with Crippen LogP contribution in [0.4, 0.5) is 0 Å². The molecule has 0 bridgehead atoms. The lowest BCUT2D eigenvalue weighted by Gasteiger charge is -2.18. The van der Waals surface area contributed by atoms with Gasteiger partial charge in [0.2, 0.25) is 5.91 Å². The van der Waals surface area contributed by atoms with E-state index < -0.39 is 0 Å². The van der Waals surface area contributed by atoms with E-state index in [1.54, 1.807) is 0 Å². The van der Waals surface area contributed by atoms with E-state index >= 15 is 0 Å². The summed E-state index contributed by atoms with van der Waals surface area (Å²) in [6.45, 7) is 7.93. The lowest BCUT2D eigenvalue weighted by molar-refractivity contribution is -0.120. The van der Waals surface area contributed by atoms with E-state index in [0.717, 1.165) is 6.42 Å². The van der Waals surface area contributed by atoms with Gasteiger partial charge in [0, 0.05) is 11.3 Å². The lowest BCUT2D eigenvalue weighted by Crippen LogP contribution is -2.37. The fraction of sp³-hybridized carbons (Fsp3) is 0.900. The van der Waals surface area contributed by atoms with Crippen molar-refractivity contribution in [3.63, 3.8) is 0 Å². The molecule has 0 rings (SSSR count). The zero-order valence-corrected chi connectivity index (χ0v) is 10.2. The topological polar surface area (TPSA) is 49.3 Å². The molecule has 0 saturated heterocycles. The highest BCUT2D eigenvalue weighted by Crippen LogP contribution is 2.17. The number of aliphatic hydroxyl groups is 1. The van der Waals surface area contributed by atoms with Gasteiger partial charge in [-0.25, -0.2) is 0 Å². The third-order valence-electron chi connectivity index (χ3n) is 2.06. The second kappa shape index (κ2) is 7.12. The maximum atomic E-state index is 11.6. The monoisotopic (exact) mass is 219 g/mol. The highest BCUT2D eigenvalue weighted by molar-refractivity contribution is 8.01. The molecule has 1 amide bonds. The minimum Gasteiger partial charge on any atom is -0.395 e. The van der Waals surface area contributed by atoms with E-state index in [-0.39, 0.29) is 29.1 Å². The van der Waals surface area contributed by atoms with Gasteiger partial charge in [0.1, 0.15) is 0 Å². The quantitative estimate of drug-likeness (QED) is 0.710. The van der Waals surface area contributed by atoms with E-state index in [2.05, 4.69) is 5.32 Å². The molecule has 2 N–H and O–H groups in total. The van der Waals surface area contributed by atoms with Crippen LogP contribution in [-0.4, -0.2) is 34.2 Å². The molecule has 0 aliphatic heterocycles. The Balaban J connectivity index is 3.87. The van der Waals surface area contributed by atoms with Crippen LogP contribution in [0.2, 0.25) is 0 Å². The van der Waals surface area contributed by atoms with E-state index in [4.69, 9.17) is 5.11 Å². The fourth-order valence-corrected chi connectivity index (χ4v) is 1.89. The van der Waals surface area contributed by atoms with Gasteiger partial charge in [-0.05, 0) is 20.3 Å². The molecule has 0 aromatic carbocycles. The van der Waals surface area contributed by atoms with Crippen LogP contribution < -0.4 is 5.32 Å². The van der Waals surface area contributed by atoms with Gasteiger partial charge >= 0.3 is 0 Å². The third-order valence-corrected chi connectivity index (χ3v) is 3.30. The molecule has 84 valence electrons. The fourth-order valence-electron chi connectivity index (χ4n) is 0.916. The normalized spacial score (nSPS) is 17.2. The summed E-state index contributed by atoms with van der Waals surface area (Å²) >= 11 is 1.50. The summed E-state index contributed by atoms with van der Waals surface area (Å²) in [4.78, 5) is 11.6. The first-order valence-electron chi connectivity index (χ1n) is 5.07. The molecule has 0 aromatic rings. The molecular weight excluding hydrogens is 198 g/mol. The van der Waals surface area contributed by atoms with Gasteiger partial charge in [-0.3, -0.25) is 4.79 Å². The Bertz CT molecular complexity index is 176. The van der Waals surface area contributed by atoms with Crippen molar-refractivity contribution in [3.8, 4) is 0 Å². The Morgan fingerprint density at radius 2 is 2.00 bits per heavy atom. The zero-order valence-electron chi connectivity index (χ0n) is 9.41. The molecule has 0 saturated carbocycles. The van der Waals surface area contributed by atoms with E-state index in [9.17, 15) is 4.79 Å². The summed E-state index contributed by atoms with van der Waals surface area (Å²) in [7, 11) is 0. The van der Waals surface area contributed by atoms with Crippen molar-refractivity contribution in [1.29, 1.82) is 0 Å². The zero-order chi connectivity index (χ0) is 11.1. The number of hydrogen-bond acceptors (Lipinski definition) is 3. The number of rotatable bonds is 6. The maximum absolute atomic E-state index is 11.6. The van der Waals surface area contributed by atoms with Crippen LogP contribution in [0.5, 0.6) is 0 Å². The summed E-state index contributed by atoms with van der Waals surface area (Å²) in [5.41, 5.74) is 0. The average molecular weight is 219 g/mol. The largest absolute Gasteiger partial charge is 0.395 e. The molecule has 4 heteroatoms. The minimum absolute atomic E-state index is 0.0599. The van der Waals surface area contributed by atoms with Gasteiger partial charge in [-0.15, -0.1) is 11.8 Å². The first-order chi connectivity index (χ1) is 6.51. The third kappa shape index (κ3) is 5.50. The molecule has 0 aromatic heterocycles. The molecule has 0 radical (unpaired) electrons. The Hall–Kier alpha value is -0.220. The molecule has 0 aliphatic rings. The van der Waals surface area contributed by atoms with Gasteiger partial charge in [0.05, 0.1) is 11.9 Å². The van der Waals surface area contributed by atoms with Crippen LogP contribution in [0.3, 0.4) is 0 Å². The molecule has 0 fully saturated rings. The highest BCUT2D eigenvalue weighted by Gasteiger charge is 2.17. The molecule has 0 aliphatic carbocycles. The maximum Gasteiger partial charge on any atom is 0.233 e. The number of carbonyl (C=O) groups excluding carboxylic acids is 1. The summed E-state index contributed by atoms with van der Waals surface area (Å²) in [5.74, 6) is 0.0599. The second-order valence-electron chi connectivity index (χ2n) is 3.59. The van der Waals surface area contributed by atoms with E-state index in [1.807, 2.05) is 27.7 Å².